The van der Waals surface area contributed by atoms with Gasteiger partial charge in [0.1, 0.15) is 0 Å². The van der Waals surface area contributed by atoms with Crippen molar-refractivity contribution in [2.45, 2.75) is 52.5 Å². The van der Waals surface area contributed by atoms with Gasteiger partial charge < -0.3 is 16.0 Å². The molecule has 3 N–H and O–H groups in total. The van der Waals surface area contributed by atoms with E-state index in [1.165, 1.54) is 0 Å². The molecule has 0 aromatic rings. The maximum absolute atomic E-state index is 11.4. The fourth-order valence-electron chi connectivity index (χ4n) is 1.32. The molecule has 0 heterocycles. The molecule has 0 spiro atoms. The number of amides is 2. The van der Waals surface area contributed by atoms with Gasteiger partial charge in [-0.1, -0.05) is 20.3 Å². The van der Waals surface area contributed by atoms with E-state index in [0.717, 1.165) is 25.8 Å². The number of unbranched alkanes of at least 4 members (excludes halogenated alkanes) is 1. The molecule has 0 radical (unpaired) electrons. The molecule has 0 aromatic carbocycles. The van der Waals surface area contributed by atoms with Gasteiger partial charge in [0.2, 0.25) is 11.8 Å². The van der Waals surface area contributed by atoms with Crippen LogP contribution in [0, 0.1) is 0 Å². The lowest BCUT2D eigenvalue weighted by Crippen LogP contribution is -2.37. The van der Waals surface area contributed by atoms with E-state index in [0.29, 0.717) is 13.0 Å². The zero-order chi connectivity index (χ0) is 13.8. The van der Waals surface area contributed by atoms with Crippen molar-refractivity contribution in [3.8, 4) is 0 Å². The predicted octanol–water partition coefficient (Wildman–Crippen LogP) is 0.797. The maximum Gasteiger partial charge on any atom is 0.233 e. The average molecular weight is 257 g/mol. The smallest absolute Gasteiger partial charge is 0.233 e. The largest absolute Gasteiger partial charge is 0.355 e. The quantitative estimate of drug-likeness (QED) is 0.507. The minimum Gasteiger partial charge on any atom is -0.355 e. The van der Waals surface area contributed by atoms with Gasteiger partial charge in [0.25, 0.3) is 0 Å². The molecule has 1 unspecified atom stereocenters. The van der Waals surface area contributed by atoms with Gasteiger partial charge in [-0.15, -0.1) is 0 Å². The maximum atomic E-state index is 11.4. The van der Waals surface area contributed by atoms with Crippen LogP contribution in [0.1, 0.15) is 46.5 Å². The van der Waals surface area contributed by atoms with Crippen LogP contribution in [0.25, 0.3) is 0 Å². The van der Waals surface area contributed by atoms with E-state index in [1.807, 2.05) is 13.8 Å². The lowest BCUT2D eigenvalue weighted by atomic mass is 10.2. The first-order valence-corrected chi connectivity index (χ1v) is 6.86. The van der Waals surface area contributed by atoms with Crippen molar-refractivity contribution < 1.29 is 9.59 Å². The van der Waals surface area contributed by atoms with Gasteiger partial charge in [0, 0.05) is 25.6 Å². The van der Waals surface area contributed by atoms with Crippen molar-refractivity contribution in [3.05, 3.63) is 0 Å². The summed E-state index contributed by atoms with van der Waals surface area (Å²) in [4.78, 5) is 22.7. The highest BCUT2D eigenvalue weighted by atomic mass is 16.2. The van der Waals surface area contributed by atoms with Gasteiger partial charge in [0.15, 0.2) is 0 Å². The van der Waals surface area contributed by atoms with Gasteiger partial charge in [-0.2, -0.15) is 0 Å². The van der Waals surface area contributed by atoms with E-state index in [-0.39, 0.29) is 24.4 Å². The summed E-state index contributed by atoms with van der Waals surface area (Å²) in [6.45, 7) is 7.63. The van der Waals surface area contributed by atoms with E-state index in [9.17, 15) is 9.59 Å². The first-order valence-electron chi connectivity index (χ1n) is 6.86. The second kappa shape index (κ2) is 11.0. The Labute approximate surface area is 110 Å². The zero-order valence-corrected chi connectivity index (χ0v) is 11.8. The highest BCUT2D eigenvalue weighted by Gasteiger charge is 2.05. The summed E-state index contributed by atoms with van der Waals surface area (Å²) in [5.41, 5.74) is 0. The normalized spacial score (nSPS) is 11.9. The molecule has 0 bridgehead atoms. The number of hydrogen-bond donors (Lipinski definition) is 3. The van der Waals surface area contributed by atoms with Crippen molar-refractivity contribution in [3.63, 3.8) is 0 Å². The Kier molecular flexibility index (Phi) is 10.3. The Hall–Kier alpha value is -1.10. The third-order valence-electron chi connectivity index (χ3n) is 2.69. The Morgan fingerprint density at radius 1 is 1.11 bits per heavy atom. The molecule has 18 heavy (non-hydrogen) atoms. The molecule has 2 amide bonds. The molecule has 5 heteroatoms. The molecule has 1 atom stereocenters. The standard InChI is InChI=1S/C13H27N3O2/c1-4-6-8-15-13(18)10-14-9-7-12(17)16-11(3)5-2/h11,14H,4-10H2,1-3H3,(H,15,18)(H,16,17). The van der Waals surface area contributed by atoms with Crippen molar-refractivity contribution in [2.24, 2.45) is 0 Å². The molecule has 5 nitrogen and oxygen atoms in total. The van der Waals surface area contributed by atoms with Crippen LogP contribution in [0.3, 0.4) is 0 Å². The van der Waals surface area contributed by atoms with E-state index >= 15 is 0 Å². The lowest BCUT2D eigenvalue weighted by Gasteiger charge is -2.11. The molecule has 0 aliphatic rings. The summed E-state index contributed by atoms with van der Waals surface area (Å²) in [5, 5.41) is 8.65. The Balaban J connectivity index is 3.43. The fraction of sp³-hybridized carbons (Fsp3) is 0.846. The van der Waals surface area contributed by atoms with Gasteiger partial charge in [0.05, 0.1) is 6.54 Å². The van der Waals surface area contributed by atoms with E-state index in [4.69, 9.17) is 0 Å². The summed E-state index contributed by atoms with van der Waals surface area (Å²) in [6.07, 6.45) is 3.41. The van der Waals surface area contributed by atoms with Crippen molar-refractivity contribution in [1.29, 1.82) is 0 Å². The lowest BCUT2D eigenvalue weighted by molar-refractivity contribution is -0.122. The molecular formula is C13H27N3O2. The molecule has 0 saturated heterocycles. The number of rotatable bonds is 10. The summed E-state index contributed by atoms with van der Waals surface area (Å²) in [7, 11) is 0. The molecule has 0 aromatic heterocycles. The van der Waals surface area contributed by atoms with Crippen LogP contribution in [0.15, 0.2) is 0 Å². The van der Waals surface area contributed by atoms with E-state index < -0.39 is 0 Å². The first kappa shape index (κ1) is 16.9. The predicted molar refractivity (Wildman–Crippen MR) is 73.3 cm³/mol. The monoisotopic (exact) mass is 257 g/mol. The Morgan fingerprint density at radius 2 is 1.83 bits per heavy atom. The van der Waals surface area contributed by atoms with Crippen molar-refractivity contribution in [1.82, 2.24) is 16.0 Å². The number of hydrogen-bond acceptors (Lipinski definition) is 3. The number of carbonyl (C=O) groups is 2. The highest BCUT2D eigenvalue weighted by molar-refractivity contribution is 5.78. The molecular weight excluding hydrogens is 230 g/mol. The van der Waals surface area contributed by atoms with Gasteiger partial charge in [-0.3, -0.25) is 9.59 Å². The summed E-state index contributed by atoms with van der Waals surface area (Å²) >= 11 is 0. The fourth-order valence-corrected chi connectivity index (χ4v) is 1.32. The summed E-state index contributed by atoms with van der Waals surface area (Å²) in [6, 6.07) is 0.217. The number of carbonyl (C=O) groups excluding carboxylic acids is 2. The minimum atomic E-state index is -0.00853. The van der Waals surface area contributed by atoms with Crippen LogP contribution >= 0.6 is 0 Å². The van der Waals surface area contributed by atoms with Crippen LogP contribution in [0.4, 0.5) is 0 Å². The van der Waals surface area contributed by atoms with Gasteiger partial charge >= 0.3 is 0 Å². The van der Waals surface area contributed by atoms with Gasteiger partial charge in [-0.05, 0) is 19.8 Å². The third-order valence-corrected chi connectivity index (χ3v) is 2.69. The van der Waals surface area contributed by atoms with Crippen LogP contribution < -0.4 is 16.0 Å². The SMILES string of the molecule is CCCCNC(=O)CNCCC(=O)NC(C)CC. The Morgan fingerprint density at radius 3 is 2.44 bits per heavy atom. The molecule has 0 aliphatic heterocycles. The highest BCUT2D eigenvalue weighted by Crippen LogP contribution is 1.89. The molecule has 0 fully saturated rings. The molecule has 0 rings (SSSR count). The average Bonchev–Trinajstić information content (AvgIpc) is 2.34. The Bertz CT molecular complexity index is 244. The van der Waals surface area contributed by atoms with Crippen LogP contribution in [0.2, 0.25) is 0 Å². The second-order valence-corrected chi connectivity index (χ2v) is 4.51. The molecule has 0 aliphatic carbocycles. The molecule has 106 valence electrons. The minimum absolute atomic E-state index is 0.00853. The topological polar surface area (TPSA) is 70.2 Å². The van der Waals surface area contributed by atoms with E-state index in [1.54, 1.807) is 0 Å². The summed E-state index contributed by atoms with van der Waals surface area (Å²) < 4.78 is 0. The van der Waals surface area contributed by atoms with E-state index in [2.05, 4.69) is 22.9 Å². The summed E-state index contributed by atoms with van der Waals surface area (Å²) in [5.74, 6) is 0.0222. The third kappa shape index (κ3) is 10.1. The molecule has 0 saturated carbocycles. The number of nitrogens with one attached hydrogen (secondary N) is 3. The zero-order valence-electron chi connectivity index (χ0n) is 11.8. The first-order chi connectivity index (χ1) is 8.60. The van der Waals surface area contributed by atoms with Gasteiger partial charge in [-0.25, -0.2) is 0 Å². The van der Waals surface area contributed by atoms with Crippen LogP contribution in [-0.4, -0.2) is 37.5 Å². The van der Waals surface area contributed by atoms with Crippen LogP contribution in [-0.2, 0) is 9.59 Å². The second-order valence-electron chi connectivity index (χ2n) is 4.51. The van der Waals surface area contributed by atoms with Crippen LogP contribution in [0.5, 0.6) is 0 Å². The van der Waals surface area contributed by atoms with Crippen molar-refractivity contribution in [2.75, 3.05) is 19.6 Å². The van der Waals surface area contributed by atoms with Crippen molar-refractivity contribution >= 4 is 11.8 Å².